The Morgan fingerprint density at radius 2 is 1.43 bits per heavy atom. The van der Waals surface area contributed by atoms with Crippen LogP contribution in [0, 0.1) is 17.8 Å². The molecule has 14 heavy (non-hydrogen) atoms. The minimum absolute atomic E-state index is 0.931. The molecule has 0 aromatic heterocycles. The van der Waals surface area contributed by atoms with E-state index in [0.717, 1.165) is 17.8 Å². The summed E-state index contributed by atoms with van der Waals surface area (Å²) in [5.74, 6) is 2.83. The lowest BCUT2D eigenvalue weighted by atomic mass is 9.81. The summed E-state index contributed by atoms with van der Waals surface area (Å²) in [5, 5.41) is 0. The molecule has 0 aliphatic heterocycles. The number of hydrogen-bond acceptors (Lipinski definition) is 0. The second-order valence-electron chi connectivity index (χ2n) is 5.06. The van der Waals surface area contributed by atoms with Crippen molar-refractivity contribution in [3.63, 3.8) is 0 Å². The predicted molar refractivity (Wildman–Crippen MR) is 66.5 cm³/mol. The van der Waals surface area contributed by atoms with Gasteiger partial charge in [0.1, 0.15) is 0 Å². The van der Waals surface area contributed by atoms with Gasteiger partial charge in [-0.1, -0.05) is 66.7 Å². The van der Waals surface area contributed by atoms with E-state index in [4.69, 9.17) is 0 Å². The number of hydrogen-bond donors (Lipinski definition) is 0. The molecule has 0 aliphatic rings. The van der Waals surface area contributed by atoms with E-state index in [1.165, 1.54) is 38.5 Å². The summed E-state index contributed by atoms with van der Waals surface area (Å²) in [6, 6.07) is 0. The molecule has 3 atom stereocenters. The van der Waals surface area contributed by atoms with Crippen molar-refractivity contribution in [2.24, 2.45) is 17.8 Å². The first-order valence-electron chi connectivity index (χ1n) is 6.65. The van der Waals surface area contributed by atoms with Gasteiger partial charge in [0, 0.05) is 0 Å². The molecule has 0 radical (unpaired) electrons. The quantitative estimate of drug-likeness (QED) is 0.498. The molecule has 0 saturated carbocycles. The fourth-order valence-electron chi connectivity index (χ4n) is 2.70. The summed E-state index contributed by atoms with van der Waals surface area (Å²) in [7, 11) is 0. The fraction of sp³-hybridized carbons (Fsp3) is 1.00. The van der Waals surface area contributed by atoms with Crippen molar-refractivity contribution in [3.05, 3.63) is 0 Å². The van der Waals surface area contributed by atoms with Crippen LogP contribution >= 0.6 is 0 Å². The summed E-state index contributed by atoms with van der Waals surface area (Å²) < 4.78 is 0. The smallest absolute Gasteiger partial charge is 0.0391 e. The Labute approximate surface area is 91.5 Å². The highest BCUT2D eigenvalue weighted by Crippen LogP contribution is 2.28. The van der Waals surface area contributed by atoms with E-state index in [2.05, 4.69) is 34.6 Å². The van der Waals surface area contributed by atoms with Crippen LogP contribution in [0.4, 0.5) is 0 Å². The summed E-state index contributed by atoms with van der Waals surface area (Å²) in [4.78, 5) is 0. The molecule has 0 aromatic carbocycles. The Morgan fingerprint density at radius 1 is 0.857 bits per heavy atom. The van der Waals surface area contributed by atoms with Crippen molar-refractivity contribution in [2.75, 3.05) is 0 Å². The molecule has 86 valence electrons. The van der Waals surface area contributed by atoms with Gasteiger partial charge in [0.2, 0.25) is 0 Å². The fourth-order valence-corrected chi connectivity index (χ4v) is 2.70. The van der Waals surface area contributed by atoms with E-state index >= 15 is 0 Å². The third kappa shape index (κ3) is 5.67. The molecular formula is C14H30. The Hall–Kier alpha value is 0. The second kappa shape index (κ2) is 8.32. The molecule has 0 N–H and O–H groups in total. The average molecular weight is 198 g/mol. The molecule has 0 amide bonds. The van der Waals surface area contributed by atoms with Crippen molar-refractivity contribution < 1.29 is 0 Å². The minimum atomic E-state index is 0.931. The molecular weight excluding hydrogens is 168 g/mol. The Balaban J connectivity index is 3.83. The standard InChI is InChI=1S/C14H30/c1-6-9-12(4)11-13(5)14(8-3)10-7-2/h12-14H,6-11H2,1-5H3. The van der Waals surface area contributed by atoms with Crippen molar-refractivity contribution >= 4 is 0 Å². The molecule has 0 aromatic rings. The Kier molecular flexibility index (Phi) is 8.32. The van der Waals surface area contributed by atoms with E-state index < -0.39 is 0 Å². The zero-order chi connectivity index (χ0) is 11.0. The van der Waals surface area contributed by atoms with E-state index in [9.17, 15) is 0 Å². The molecule has 0 nitrogen and oxygen atoms in total. The van der Waals surface area contributed by atoms with Crippen LogP contribution in [0.1, 0.15) is 73.1 Å². The van der Waals surface area contributed by atoms with Gasteiger partial charge in [-0.3, -0.25) is 0 Å². The van der Waals surface area contributed by atoms with Crippen LogP contribution in [-0.4, -0.2) is 0 Å². The van der Waals surface area contributed by atoms with E-state index in [1.54, 1.807) is 0 Å². The lowest BCUT2D eigenvalue weighted by Gasteiger charge is -2.25. The third-order valence-electron chi connectivity index (χ3n) is 3.54. The summed E-state index contributed by atoms with van der Waals surface area (Å²) in [6.07, 6.45) is 8.34. The van der Waals surface area contributed by atoms with Crippen LogP contribution in [-0.2, 0) is 0 Å². The van der Waals surface area contributed by atoms with Crippen LogP contribution in [0.2, 0.25) is 0 Å². The summed E-state index contributed by atoms with van der Waals surface area (Å²) in [5.41, 5.74) is 0. The molecule has 0 aliphatic carbocycles. The monoisotopic (exact) mass is 198 g/mol. The highest BCUT2D eigenvalue weighted by molar-refractivity contribution is 4.67. The summed E-state index contributed by atoms with van der Waals surface area (Å²) in [6.45, 7) is 11.8. The van der Waals surface area contributed by atoms with Gasteiger partial charge in [-0.05, 0) is 24.2 Å². The van der Waals surface area contributed by atoms with Gasteiger partial charge < -0.3 is 0 Å². The second-order valence-corrected chi connectivity index (χ2v) is 5.06. The minimum Gasteiger partial charge on any atom is -0.0654 e. The van der Waals surface area contributed by atoms with Gasteiger partial charge in [0.15, 0.2) is 0 Å². The highest BCUT2D eigenvalue weighted by Gasteiger charge is 2.16. The van der Waals surface area contributed by atoms with Crippen molar-refractivity contribution in [1.82, 2.24) is 0 Å². The maximum Gasteiger partial charge on any atom is -0.0391 e. The van der Waals surface area contributed by atoms with Crippen LogP contribution in [0.5, 0.6) is 0 Å². The molecule has 0 rings (SSSR count). The maximum atomic E-state index is 2.45. The van der Waals surface area contributed by atoms with Gasteiger partial charge in [0.05, 0.1) is 0 Å². The third-order valence-corrected chi connectivity index (χ3v) is 3.54. The van der Waals surface area contributed by atoms with Gasteiger partial charge in [-0.15, -0.1) is 0 Å². The molecule has 0 fully saturated rings. The van der Waals surface area contributed by atoms with Crippen molar-refractivity contribution in [2.45, 2.75) is 73.1 Å². The van der Waals surface area contributed by atoms with Gasteiger partial charge in [0.25, 0.3) is 0 Å². The molecule has 3 unspecified atom stereocenters. The molecule has 0 heterocycles. The van der Waals surface area contributed by atoms with E-state index in [0.29, 0.717) is 0 Å². The predicted octanol–water partition coefficient (Wildman–Crippen LogP) is 5.28. The van der Waals surface area contributed by atoms with Crippen LogP contribution in [0.15, 0.2) is 0 Å². The maximum absolute atomic E-state index is 2.45. The molecule has 0 heteroatoms. The van der Waals surface area contributed by atoms with E-state index in [1.807, 2.05) is 0 Å². The molecule has 0 bridgehead atoms. The first-order chi connectivity index (χ1) is 6.65. The zero-order valence-corrected chi connectivity index (χ0v) is 11.0. The van der Waals surface area contributed by atoms with Gasteiger partial charge in [-0.2, -0.15) is 0 Å². The molecule has 0 saturated heterocycles. The largest absolute Gasteiger partial charge is 0.0654 e. The first kappa shape index (κ1) is 14.0. The van der Waals surface area contributed by atoms with Crippen LogP contribution in [0.25, 0.3) is 0 Å². The Bertz CT molecular complexity index is 117. The summed E-state index contributed by atoms with van der Waals surface area (Å²) >= 11 is 0. The van der Waals surface area contributed by atoms with Crippen LogP contribution < -0.4 is 0 Å². The average Bonchev–Trinajstić information content (AvgIpc) is 2.14. The number of rotatable bonds is 8. The normalized spacial score (nSPS) is 17.8. The highest BCUT2D eigenvalue weighted by atomic mass is 14.2. The topological polar surface area (TPSA) is 0 Å². The van der Waals surface area contributed by atoms with Crippen molar-refractivity contribution in [3.8, 4) is 0 Å². The lowest BCUT2D eigenvalue weighted by molar-refractivity contribution is 0.265. The lowest BCUT2D eigenvalue weighted by Crippen LogP contribution is -2.14. The van der Waals surface area contributed by atoms with E-state index in [-0.39, 0.29) is 0 Å². The zero-order valence-electron chi connectivity index (χ0n) is 11.0. The van der Waals surface area contributed by atoms with Gasteiger partial charge >= 0.3 is 0 Å². The van der Waals surface area contributed by atoms with Gasteiger partial charge in [-0.25, -0.2) is 0 Å². The molecule has 0 spiro atoms. The SMILES string of the molecule is CCCC(C)CC(C)C(CC)CCC. The van der Waals surface area contributed by atoms with Crippen molar-refractivity contribution in [1.29, 1.82) is 0 Å². The Morgan fingerprint density at radius 3 is 1.86 bits per heavy atom. The first-order valence-corrected chi connectivity index (χ1v) is 6.65. The van der Waals surface area contributed by atoms with Crippen LogP contribution in [0.3, 0.4) is 0 Å².